The van der Waals surface area contributed by atoms with Gasteiger partial charge in [-0.3, -0.25) is 4.57 Å². The fourth-order valence-corrected chi connectivity index (χ4v) is 16.6. The second-order valence-electron chi connectivity index (χ2n) is 27.6. The summed E-state index contributed by atoms with van der Waals surface area (Å²) in [5, 5.41) is 9.44. The fraction of sp³-hybridized carbons (Fsp3) is 0. The van der Waals surface area contributed by atoms with Crippen LogP contribution in [0.1, 0.15) is 0 Å². The van der Waals surface area contributed by atoms with Crippen molar-refractivity contribution in [2.75, 3.05) is 0 Å². The minimum Gasteiger partial charge on any atom is -0.309 e. The third-order valence-corrected chi connectivity index (χ3v) is 21.6. The summed E-state index contributed by atoms with van der Waals surface area (Å²) in [6.45, 7) is 0. The van der Waals surface area contributed by atoms with Gasteiger partial charge in [-0.25, -0.2) is 9.97 Å². The van der Waals surface area contributed by atoms with Gasteiger partial charge in [0.1, 0.15) is 0 Å². The Morgan fingerprint density at radius 2 is 0.453 bits per heavy atom. The first kappa shape index (κ1) is 60.6. The second kappa shape index (κ2) is 24.8. The first-order valence-corrected chi connectivity index (χ1v) is 36.3. The lowest BCUT2D eigenvalue weighted by molar-refractivity contribution is 0.995. The van der Waals surface area contributed by atoms with Crippen LogP contribution < -0.4 is 0 Å². The number of benzene rings is 16. The Labute approximate surface area is 612 Å². The van der Waals surface area contributed by atoms with Gasteiger partial charge in [-0.15, -0.1) is 0 Å². The number of aromatic nitrogens is 6. The van der Waals surface area contributed by atoms with Crippen molar-refractivity contribution in [1.29, 1.82) is 0 Å². The molecule has 0 fully saturated rings. The summed E-state index contributed by atoms with van der Waals surface area (Å²) in [5.74, 6) is 0.600. The van der Waals surface area contributed by atoms with E-state index in [4.69, 9.17) is 9.97 Å². The van der Waals surface area contributed by atoms with E-state index in [-0.39, 0.29) is 0 Å². The van der Waals surface area contributed by atoms with E-state index in [9.17, 15) is 0 Å². The van der Waals surface area contributed by atoms with E-state index in [1.165, 1.54) is 82.3 Å². The van der Waals surface area contributed by atoms with Crippen molar-refractivity contribution >= 4 is 87.2 Å². The maximum atomic E-state index is 5.62. The van der Waals surface area contributed by atoms with Gasteiger partial charge >= 0.3 is 0 Å². The van der Waals surface area contributed by atoms with E-state index < -0.39 is 0 Å². The molecule has 5 heterocycles. The molecular weight excluding hydrogens is 1290 g/mol. The van der Waals surface area contributed by atoms with Crippen molar-refractivity contribution in [1.82, 2.24) is 28.2 Å². The van der Waals surface area contributed by atoms with E-state index in [2.05, 4.69) is 407 Å². The van der Waals surface area contributed by atoms with Crippen LogP contribution in [-0.2, 0) is 0 Å². The summed E-state index contributed by atoms with van der Waals surface area (Å²) in [4.78, 5) is 11.1. The zero-order valence-electron chi connectivity index (χ0n) is 57.6. The second-order valence-corrected chi connectivity index (χ2v) is 27.6. The predicted molar refractivity (Wildman–Crippen MR) is 443 cm³/mol. The number of rotatable bonds is 12. The summed E-state index contributed by atoms with van der Waals surface area (Å²) in [7, 11) is 0. The Balaban J connectivity index is 0.662. The smallest absolute Gasteiger partial charge is 0.235 e. The SMILES string of the molecule is c1ccc(-c2ccc(-c3ccccc3)c(-n3c4ccccc4c4cc(-c5ccc6c(c5)c5ccccc5n6-c5cccc(-c6cc(-c7ccccc7)nc(-n7c8ccccc8c8cc(-c9ccc%10c(c9)c9ccccc9n%10-c9cc(-c%10ccccc%10)ccc9-c9ccccc9)ccc87)n6)c5)ccc43)c2)cc1. The molecule has 106 heavy (non-hydrogen) atoms. The van der Waals surface area contributed by atoms with Gasteiger partial charge in [0.05, 0.1) is 66.9 Å². The largest absolute Gasteiger partial charge is 0.309 e. The predicted octanol–water partition coefficient (Wildman–Crippen LogP) is 26.2. The molecule has 494 valence electrons. The van der Waals surface area contributed by atoms with E-state index in [1.807, 2.05) is 0 Å². The molecule has 0 aliphatic rings. The average Bonchev–Trinajstić information content (AvgIpc) is 1.59. The molecule has 0 N–H and O–H groups in total. The van der Waals surface area contributed by atoms with E-state index in [1.54, 1.807) is 0 Å². The summed E-state index contributed by atoms with van der Waals surface area (Å²) < 4.78 is 9.60. The maximum Gasteiger partial charge on any atom is 0.235 e. The van der Waals surface area contributed by atoms with Gasteiger partial charge in [-0.05, 0) is 159 Å². The van der Waals surface area contributed by atoms with Gasteiger partial charge in [0.25, 0.3) is 0 Å². The Kier molecular flexibility index (Phi) is 14.2. The van der Waals surface area contributed by atoms with Gasteiger partial charge in [-0.2, -0.15) is 0 Å². The van der Waals surface area contributed by atoms with Crippen LogP contribution in [-0.4, -0.2) is 28.2 Å². The minimum absolute atomic E-state index is 0.600. The number of hydrogen-bond donors (Lipinski definition) is 0. The normalized spacial score (nSPS) is 11.8. The Bertz CT molecular complexity index is 7040. The Hall–Kier alpha value is -14.2. The van der Waals surface area contributed by atoms with Gasteiger partial charge in [0.15, 0.2) is 0 Å². The molecule has 21 rings (SSSR count). The molecule has 0 bridgehead atoms. The van der Waals surface area contributed by atoms with Crippen LogP contribution in [0, 0.1) is 0 Å². The Morgan fingerprint density at radius 3 is 0.868 bits per heavy atom. The lowest BCUT2D eigenvalue weighted by atomic mass is 9.98. The van der Waals surface area contributed by atoms with Crippen molar-refractivity contribution in [3.63, 3.8) is 0 Å². The molecular formula is C100H64N6. The number of hydrogen-bond acceptors (Lipinski definition) is 2. The van der Waals surface area contributed by atoms with E-state index in [0.717, 1.165) is 111 Å². The molecule has 0 atom stereocenters. The van der Waals surface area contributed by atoms with Crippen LogP contribution in [0.15, 0.2) is 388 Å². The highest BCUT2D eigenvalue weighted by atomic mass is 15.2. The van der Waals surface area contributed by atoms with Crippen LogP contribution in [0.3, 0.4) is 0 Å². The molecule has 21 aromatic rings. The molecule has 6 heteroatoms. The highest BCUT2D eigenvalue weighted by Crippen LogP contribution is 2.45. The van der Waals surface area contributed by atoms with Gasteiger partial charge in [-0.1, -0.05) is 285 Å². The molecule has 0 aliphatic carbocycles. The molecule has 5 aromatic heterocycles. The first-order chi connectivity index (χ1) is 52.6. The molecule has 0 saturated carbocycles. The molecule has 6 nitrogen and oxygen atoms in total. The third-order valence-electron chi connectivity index (χ3n) is 21.6. The topological polar surface area (TPSA) is 45.5 Å². The molecule has 0 spiro atoms. The van der Waals surface area contributed by atoms with Crippen LogP contribution in [0.25, 0.3) is 200 Å². The number of nitrogens with zero attached hydrogens (tertiary/aromatic N) is 6. The summed E-state index contributed by atoms with van der Waals surface area (Å²) in [6, 6.07) is 141. The summed E-state index contributed by atoms with van der Waals surface area (Å²) >= 11 is 0. The van der Waals surface area contributed by atoms with Crippen molar-refractivity contribution in [2.45, 2.75) is 0 Å². The van der Waals surface area contributed by atoms with Gasteiger partial charge in [0, 0.05) is 71.0 Å². The zero-order valence-corrected chi connectivity index (χ0v) is 57.6. The number of fused-ring (bicyclic) bond motifs is 12. The lowest BCUT2D eigenvalue weighted by Gasteiger charge is -2.16. The highest BCUT2D eigenvalue weighted by Gasteiger charge is 2.24. The van der Waals surface area contributed by atoms with Gasteiger partial charge < -0.3 is 13.7 Å². The molecule has 0 saturated heterocycles. The highest BCUT2D eigenvalue weighted by molar-refractivity contribution is 6.15. The molecule has 0 unspecified atom stereocenters. The van der Waals surface area contributed by atoms with Crippen LogP contribution in [0.4, 0.5) is 0 Å². The minimum atomic E-state index is 0.600. The Morgan fingerprint density at radius 1 is 0.160 bits per heavy atom. The zero-order chi connectivity index (χ0) is 69.8. The van der Waals surface area contributed by atoms with E-state index in [0.29, 0.717) is 5.95 Å². The molecule has 0 aliphatic heterocycles. The van der Waals surface area contributed by atoms with E-state index >= 15 is 0 Å². The standard InChI is InChI=1S/C100H64N6/c1-6-25-65(26-7-1)74-45-51-78(67-29-10-3-11-30-67)98(62-74)104-91-42-21-17-38-81(91)85-59-71(48-54-95(85)104)70-47-53-94-84(58-70)80-37-16-20-41-90(80)103(94)77-36-24-35-76(57-77)89-64-88(69-33-14-5-15-34-69)101-100(102-89)106-93-44-23-19-40-83(93)87-61-73(50-56-97(87)106)72-49-55-96-86(60-72)82-39-18-22-43-92(82)105(96)99-63-75(66-27-8-2-9-28-66)46-52-79(99)68-31-12-4-13-32-68/h1-64H. The first-order valence-electron chi connectivity index (χ1n) is 36.3. The van der Waals surface area contributed by atoms with Crippen molar-refractivity contribution in [3.05, 3.63) is 388 Å². The van der Waals surface area contributed by atoms with Crippen molar-refractivity contribution in [2.24, 2.45) is 0 Å². The van der Waals surface area contributed by atoms with Crippen LogP contribution in [0.2, 0.25) is 0 Å². The molecule has 0 amide bonds. The fourth-order valence-electron chi connectivity index (χ4n) is 16.6. The summed E-state index contributed by atoms with van der Waals surface area (Å²) in [5.41, 5.74) is 29.9. The van der Waals surface area contributed by atoms with Crippen molar-refractivity contribution in [3.8, 4) is 112 Å². The summed E-state index contributed by atoms with van der Waals surface area (Å²) in [6.07, 6.45) is 0. The van der Waals surface area contributed by atoms with Crippen molar-refractivity contribution < 1.29 is 0 Å². The maximum absolute atomic E-state index is 5.62. The lowest BCUT2D eigenvalue weighted by Crippen LogP contribution is -2.04. The number of para-hydroxylation sites is 4. The third kappa shape index (κ3) is 10.0. The molecule has 16 aromatic carbocycles. The van der Waals surface area contributed by atoms with Gasteiger partial charge in [0.2, 0.25) is 5.95 Å². The van der Waals surface area contributed by atoms with Crippen LogP contribution in [0.5, 0.6) is 0 Å². The molecule has 0 radical (unpaired) electrons. The average molecular weight is 1350 g/mol. The van der Waals surface area contributed by atoms with Crippen LogP contribution >= 0.6 is 0 Å². The quantitative estimate of drug-likeness (QED) is 0.122. The monoisotopic (exact) mass is 1350 g/mol.